The van der Waals surface area contributed by atoms with Crippen molar-refractivity contribution in [2.24, 2.45) is 0 Å². The molecule has 0 atom stereocenters. The third-order valence-electron chi connectivity index (χ3n) is 4.29. The van der Waals surface area contributed by atoms with Crippen molar-refractivity contribution < 1.29 is 13.9 Å². The number of methoxy groups -OCH3 is 1. The lowest BCUT2D eigenvalue weighted by Crippen LogP contribution is -2.48. The first kappa shape index (κ1) is 16.5. The normalized spacial score (nSPS) is 15.3. The Kier molecular flexibility index (Phi) is 5.11. The first-order valence-electron chi connectivity index (χ1n) is 8.06. The van der Waals surface area contributed by atoms with E-state index in [1.165, 1.54) is 6.07 Å². The lowest BCUT2D eigenvalue weighted by Gasteiger charge is -2.35. The van der Waals surface area contributed by atoms with Crippen molar-refractivity contribution in [2.75, 3.05) is 33.3 Å². The van der Waals surface area contributed by atoms with Crippen molar-refractivity contribution in [3.05, 3.63) is 65.5 Å². The lowest BCUT2D eigenvalue weighted by molar-refractivity contribution is 0.0625. The fourth-order valence-corrected chi connectivity index (χ4v) is 2.99. The highest BCUT2D eigenvalue weighted by Gasteiger charge is 2.24. The molecule has 24 heavy (non-hydrogen) atoms. The number of nitrogens with zero attached hydrogens (tertiary/aromatic N) is 2. The zero-order valence-corrected chi connectivity index (χ0v) is 13.7. The molecule has 3 rings (SSSR count). The predicted molar refractivity (Wildman–Crippen MR) is 90.6 cm³/mol. The van der Waals surface area contributed by atoms with Gasteiger partial charge in [0.2, 0.25) is 0 Å². The van der Waals surface area contributed by atoms with Crippen LogP contribution in [0, 0.1) is 5.82 Å². The minimum absolute atomic E-state index is 0.00199. The Morgan fingerprint density at radius 2 is 1.83 bits per heavy atom. The molecule has 126 valence electrons. The number of para-hydroxylation sites is 1. The van der Waals surface area contributed by atoms with E-state index in [0.717, 1.165) is 18.7 Å². The summed E-state index contributed by atoms with van der Waals surface area (Å²) in [5, 5.41) is 0. The van der Waals surface area contributed by atoms with Gasteiger partial charge >= 0.3 is 0 Å². The average molecular weight is 328 g/mol. The summed E-state index contributed by atoms with van der Waals surface area (Å²) in [7, 11) is 1.57. The van der Waals surface area contributed by atoms with E-state index in [1.54, 1.807) is 31.4 Å². The Morgan fingerprint density at radius 1 is 1.08 bits per heavy atom. The Labute approximate surface area is 141 Å². The van der Waals surface area contributed by atoms with Gasteiger partial charge in [-0.3, -0.25) is 9.69 Å². The van der Waals surface area contributed by atoms with Crippen LogP contribution in [0.1, 0.15) is 15.9 Å². The van der Waals surface area contributed by atoms with Gasteiger partial charge in [0.1, 0.15) is 11.6 Å². The molecule has 0 aliphatic carbocycles. The van der Waals surface area contributed by atoms with E-state index in [2.05, 4.69) is 4.90 Å². The molecule has 0 aromatic heterocycles. The van der Waals surface area contributed by atoms with Gasteiger partial charge in [-0.25, -0.2) is 4.39 Å². The minimum atomic E-state index is -0.211. The van der Waals surface area contributed by atoms with E-state index < -0.39 is 0 Å². The van der Waals surface area contributed by atoms with Gasteiger partial charge in [0.05, 0.1) is 12.7 Å². The summed E-state index contributed by atoms with van der Waals surface area (Å²) in [6, 6.07) is 14.0. The van der Waals surface area contributed by atoms with Crippen LogP contribution in [-0.2, 0) is 6.54 Å². The Balaban J connectivity index is 1.59. The fraction of sp³-hybridized carbons (Fsp3) is 0.316. The molecule has 1 amide bonds. The Morgan fingerprint density at radius 3 is 2.54 bits per heavy atom. The minimum Gasteiger partial charge on any atom is -0.496 e. The Bertz CT molecular complexity index is 712. The van der Waals surface area contributed by atoms with Gasteiger partial charge in [-0.1, -0.05) is 24.3 Å². The highest BCUT2D eigenvalue weighted by Crippen LogP contribution is 2.20. The third kappa shape index (κ3) is 3.74. The number of amides is 1. The molecule has 1 fully saturated rings. The second-order valence-electron chi connectivity index (χ2n) is 5.90. The fourth-order valence-electron chi connectivity index (χ4n) is 2.99. The summed E-state index contributed by atoms with van der Waals surface area (Å²) in [5.74, 6) is 0.389. The van der Waals surface area contributed by atoms with Crippen molar-refractivity contribution in [3.63, 3.8) is 0 Å². The number of rotatable bonds is 4. The molecule has 0 saturated carbocycles. The monoisotopic (exact) mass is 328 g/mol. The summed E-state index contributed by atoms with van der Waals surface area (Å²) in [6.45, 7) is 3.57. The van der Waals surface area contributed by atoms with E-state index in [1.807, 2.05) is 23.1 Å². The first-order valence-corrected chi connectivity index (χ1v) is 8.06. The standard InChI is InChI=1S/C19H21FN2O2/c1-24-18-8-3-2-7-17(18)19(23)22-11-9-21(10-12-22)14-15-5-4-6-16(20)13-15/h2-8,13H,9-12,14H2,1H3. The van der Waals surface area contributed by atoms with Crippen LogP contribution in [0.2, 0.25) is 0 Å². The first-order chi connectivity index (χ1) is 11.7. The quantitative estimate of drug-likeness (QED) is 0.865. The number of halogens is 1. The highest BCUT2D eigenvalue weighted by atomic mass is 19.1. The van der Waals surface area contributed by atoms with Gasteiger partial charge < -0.3 is 9.64 Å². The maximum atomic E-state index is 13.3. The average Bonchev–Trinajstić information content (AvgIpc) is 2.62. The zero-order chi connectivity index (χ0) is 16.9. The van der Waals surface area contributed by atoms with Crippen LogP contribution < -0.4 is 4.74 Å². The number of carbonyl (C=O) groups excluding carboxylic acids is 1. The number of carbonyl (C=O) groups is 1. The molecular formula is C19H21FN2O2. The van der Waals surface area contributed by atoms with Crippen LogP contribution in [0.4, 0.5) is 4.39 Å². The number of piperazine rings is 1. The molecule has 0 N–H and O–H groups in total. The SMILES string of the molecule is COc1ccccc1C(=O)N1CCN(Cc2cccc(F)c2)CC1. The van der Waals surface area contributed by atoms with Crippen molar-refractivity contribution in [1.82, 2.24) is 9.80 Å². The van der Waals surface area contributed by atoms with Gasteiger partial charge in [-0.2, -0.15) is 0 Å². The molecular weight excluding hydrogens is 307 g/mol. The van der Waals surface area contributed by atoms with E-state index in [9.17, 15) is 9.18 Å². The molecule has 0 radical (unpaired) electrons. The third-order valence-corrected chi connectivity index (χ3v) is 4.29. The van der Waals surface area contributed by atoms with Crippen LogP contribution >= 0.6 is 0 Å². The molecule has 0 bridgehead atoms. The summed E-state index contributed by atoms with van der Waals surface area (Å²) in [6.07, 6.45) is 0. The highest BCUT2D eigenvalue weighted by molar-refractivity contribution is 5.97. The van der Waals surface area contributed by atoms with Gasteiger partial charge in [-0.05, 0) is 29.8 Å². The second-order valence-corrected chi connectivity index (χ2v) is 5.90. The van der Waals surface area contributed by atoms with E-state index in [-0.39, 0.29) is 11.7 Å². The molecule has 5 heteroatoms. The molecule has 1 heterocycles. The van der Waals surface area contributed by atoms with Crippen LogP contribution in [0.25, 0.3) is 0 Å². The molecule has 1 aliphatic rings. The van der Waals surface area contributed by atoms with E-state index in [4.69, 9.17) is 4.74 Å². The van der Waals surface area contributed by atoms with Crippen LogP contribution in [-0.4, -0.2) is 49.0 Å². The van der Waals surface area contributed by atoms with E-state index >= 15 is 0 Å². The van der Waals surface area contributed by atoms with Crippen molar-refractivity contribution >= 4 is 5.91 Å². The maximum absolute atomic E-state index is 13.3. The number of ether oxygens (including phenoxy) is 1. The largest absolute Gasteiger partial charge is 0.496 e. The van der Waals surface area contributed by atoms with Crippen molar-refractivity contribution in [1.29, 1.82) is 0 Å². The summed E-state index contributed by atoms with van der Waals surface area (Å²) in [5.41, 5.74) is 1.55. The second kappa shape index (κ2) is 7.45. The summed E-state index contributed by atoms with van der Waals surface area (Å²) in [4.78, 5) is 16.8. The van der Waals surface area contributed by atoms with E-state index in [0.29, 0.717) is 30.9 Å². The molecule has 0 unspecified atom stereocenters. The van der Waals surface area contributed by atoms with Crippen molar-refractivity contribution in [2.45, 2.75) is 6.54 Å². The molecule has 4 nitrogen and oxygen atoms in total. The zero-order valence-electron chi connectivity index (χ0n) is 13.7. The molecule has 2 aromatic rings. The molecule has 0 spiro atoms. The Hall–Kier alpha value is -2.40. The van der Waals surface area contributed by atoms with Gasteiger partial charge in [0.15, 0.2) is 0 Å². The lowest BCUT2D eigenvalue weighted by atomic mass is 10.1. The predicted octanol–water partition coefficient (Wildman–Crippen LogP) is 2.79. The van der Waals surface area contributed by atoms with Gasteiger partial charge in [0.25, 0.3) is 5.91 Å². The smallest absolute Gasteiger partial charge is 0.257 e. The number of hydrogen-bond donors (Lipinski definition) is 0. The van der Waals surface area contributed by atoms with Gasteiger partial charge in [0, 0.05) is 32.7 Å². The molecule has 2 aromatic carbocycles. The van der Waals surface area contributed by atoms with Crippen LogP contribution in [0.3, 0.4) is 0 Å². The van der Waals surface area contributed by atoms with Crippen molar-refractivity contribution in [3.8, 4) is 5.75 Å². The molecule has 1 saturated heterocycles. The maximum Gasteiger partial charge on any atom is 0.257 e. The topological polar surface area (TPSA) is 32.8 Å². The van der Waals surface area contributed by atoms with Gasteiger partial charge in [-0.15, -0.1) is 0 Å². The molecule has 1 aliphatic heterocycles. The number of benzene rings is 2. The van der Waals surface area contributed by atoms with Crippen LogP contribution in [0.5, 0.6) is 5.75 Å². The summed E-state index contributed by atoms with van der Waals surface area (Å²) >= 11 is 0. The summed E-state index contributed by atoms with van der Waals surface area (Å²) < 4.78 is 18.5. The van der Waals surface area contributed by atoms with Crippen LogP contribution in [0.15, 0.2) is 48.5 Å². The number of hydrogen-bond acceptors (Lipinski definition) is 3.